The molecule has 0 aliphatic carbocycles. The topological polar surface area (TPSA) is 113 Å². The molecule has 122 valence electrons. The molecule has 0 fully saturated rings. The van der Waals surface area contributed by atoms with Crippen LogP contribution in [0, 0.1) is 0 Å². The van der Waals surface area contributed by atoms with Gasteiger partial charge in [-0.3, -0.25) is 9.52 Å². The van der Waals surface area contributed by atoms with Crippen LogP contribution < -0.4 is 10.0 Å². The number of hydrogen-bond acceptors (Lipinski definition) is 4. The fourth-order valence-corrected chi connectivity index (χ4v) is 2.45. The van der Waals surface area contributed by atoms with E-state index in [2.05, 4.69) is 10.0 Å². The van der Waals surface area contributed by atoms with E-state index in [0.29, 0.717) is 12.8 Å². The molecule has 8 heteroatoms. The molecule has 1 amide bonds. The molecular formula is C14H20N2O5S. The molecule has 0 bridgehead atoms. The summed E-state index contributed by atoms with van der Waals surface area (Å²) in [6.07, 6.45) is 0.894. The number of carboxylic acid groups (broad SMARTS) is 1. The van der Waals surface area contributed by atoms with Crippen molar-refractivity contribution in [3.05, 3.63) is 29.8 Å². The van der Waals surface area contributed by atoms with E-state index in [1.807, 2.05) is 6.92 Å². The Labute approximate surface area is 129 Å². The van der Waals surface area contributed by atoms with Gasteiger partial charge in [0, 0.05) is 0 Å². The molecule has 3 N–H and O–H groups in total. The highest BCUT2D eigenvalue weighted by Gasteiger charge is 2.22. The highest BCUT2D eigenvalue weighted by molar-refractivity contribution is 7.92. The summed E-state index contributed by atoms with van der Waals surface area (Å²) in [5, 5.41) is 11.5. The van der Waals surface area contributed by atoms with Crippen molar-refractivity contribution < 1.29 is 23.1 Å². The van der Waals surface area contributed by atoms with E-state index in [1.165, 1.54) is 19.1 Å². The Hall–Kier alpha value is -2.09. The van der Waals surface area contributed by atoms with Crippen LogP contribution in [0.3, 0.4) is 0 Å². The molecule has 22 heavy (non-hydrogen) atoms. The molecule has 0 aliphatic rings. The number of carboxylic acids is 1. The van der Waals surface area contributed by atoms with Crippen LogP contribution in [0.5, 0.6) is 0 Å². The van der Waals surface area contributed by atoms with Gasteiger partial charge in [0.1, 0.15) is 6.04 Å². The van der Waals surface area contributed by atoms with E-state index in [9.17, 15) is 18.0 Å². The van der Waals surface area contributed by atoms with Crippen molar-refractivity contribution in [3.63, 3.8) is 0 Å². The molecule has 0 aromatic heterocycles. The SMILES string of the molecule is CCCC(NC(=O)c1ccccc1NS(=O)(=O)CC)C(=O)O. The molecule has 0 saturated heterocycles. The maximum absolute atomic E-state index is 12.2. The smallest absolute Gasteiger partial charge is 0.326 e. The molecule has 1 rings (SSSR count). The molecule has 0 radical (unpaired) electrons. The molecule has 0 spiro atoms. The number of hydrogen-bond donors (Lipinski definition) is 3. The first-order valence-corrected chi connectivity index (χ1v) is 8.59. The van der Waals surface area contributed by atoms with Crippen molar-refractivity contribution in [2.24, 2.45) is 0 Å². The molecule has 1 aromatic carbocycles. The van der Waals surface area contributed by atoms with Crippen LogP contribution in [0.2, 0.25) is 0 Å². The van der Waals surface area contributed by atoms with Gasteiger partial charge in [-0.2, -0.15) is 0 Å². The van der Waals surface area contributed by atoms with Gasteiger partial charge in [0.05, 0.1) is 17.0 Å². The van der Waals surface area contributed by atoms with Gasteiger partial charge in [0.2, 0.25) is 10.0 Å². The molecular weight excluding hydrogens is 308 g/mol. The Morgan fingerprint density at radius 3 is 2.41 bits per heavy atom. The second kappa shape index (κ2) is 7.79. The lowest BCUT2D eigenvalue weighted by Gasteiger charge is -2.16. The van der Waals surface area contributed by atoms with E-state index in [4.69, 9.17) is 5.11 Å². The first kappa shape index (κ1) is 18.0. The third kappa shape index (κ3) is 5.03. The standard InChI is InChI=1S/C14H20N2O5S/c1-3-7-12(14(18)19)15-13(17)10-8-5-6-9-11(10)16-22(20,21)4-2/h5-6,8-9,12,16H,3-4,7H2,1-2H3,(H,15,17)(H,18,19). The number of carbonyl (C=O) groups excluding carboxylic acids is 1. The largest absolute Gasteiger partial charge is 0.480 e. The summed E-state index contributed by atoms with van der Waals surface area (Å²) in [6.45, 7) is 3.29. The van der Waals surface area contributed by atoms with Gasteiger partial charge in [0.25, 0.3) is 5.91 Å². The maximum Gasteiger partial charge on any atom is 0.326 e. The summed E-state index contributed by atoms with van der Waals surface area (Å²) in [6, 6.07) is 5.05. The summed E-state index contributed by atoms with van der Waals surface area (Å²) in [7, 11) is -3.53. The first-order valence-electron chi connectivity index (χ1n) is 6.94. The van der Waals surface area contributed by atoms with Crippen molar-refractivity contribution in [2.45, 2.75) is 32.7 Å². The van der Waals surface area contributed by atoms with Crippen molar-refractivity contribution in [1.29, 1.82) is 0 Å². The van der Waals surface area contributed by atoms with Gasteiger partial charge in [-0.25, -0.2) is 13.2 Å². The fourth-order valence-electron chi connectivity index (χ4n) is 1.79. The Balaban J connectivity index is 3.01. The number of anilines is 1. The number of rotatable bonds is 8. The molecule has 1 unspecified atom stereocenters. The maximum atomic E-state index is 12.2. The van der Waals surface area contributed by atoms with Crippen LogP contribution in [0.4, 0.5) is 5.69 Å². The van der Waals surface area contributed by atoms with Crippen LogP contribution in [-0.4, -0.2) is 37.2 Å². The van der Waals surface area contributed by atoms with Gasteiger partial charge < -0.3 is 10.4 Å². The summed E-state index contributed by atoms with van der Waals surface area (Å²) >= 11 is 0. The normalized spacial score (nSPS) is 12.5. The van der Waals surface area contributed by atoms with Gasteiger partial charge in [0.15, 0.2) is 0 Å². The number of benzene rings is 1. The second-order valence-corrected chi connectivity index (χ2v) is 6.71. The molecule has 0 aliphatic heterocycles. The van der Waals surface area contributed by atoms with E-state index < -0.39 is 27.9 Å². The molecule has 0 saturated carbocycles. The lowest BCUT2D eigenvalue weighted by atomic mass is 10.1. The Morgan fingerprint density at radius 1 is 1.23 bits per heavy atom. The van der Waals surface area contributed by atoms with Crippen molar-refractivity contribution in [1.82, 2.24) is 5.32 Å². The number of carbonyl (C=O) groups is 2. The zero-order chi connectivity index (χ0) is 16.8. The molecule has 7 nitrogen and oxygen atoms in total. The van der Waals surface area contributed by atoms with E-state index in [-0.39, 0.29) is 17.0 Å². The highest BCUT2D eigenvalue weighted by atomic mass is 32.2. The van der Waals surface area contributed by atoms with Crippen LogP contribution in [0.15, 0.2) is 24.3 Å². The third-order valence-electron chi connectivity index (χ3n) is 3.00. The van der Waals surface area contributed by atoms with E-state index >= 15 is 0 Å². The lowest BCUT2D eigenvalue weighted by Crippen LogP contribution is -2.41. The minimum absolute atomic E-state index is 0.0851. The average Bonchev–Trinajstić information content (AvgIpc) is 2.46. The number of para-hydroxylation sites is 1. The second-order valence-electron chi connectivity index (χ2n) is 4.70. The highest BCUT2D eigenvalue weighted by Crippen LogP contribution is 2.17. The zero-order valence-electron chi connectivity index (χ0n) is 12.5. The summed E-state index contributed by atoms with van der Waals surface area (Å²) < 4.78 is 25.6. The molecule has 1 atom stereocenters. The molecule has 0 heterocycles. The van der Waals surface area contributed by atoms with Gasteiger partial charge in [-0.15, -0.1) is 0 Å². The van der Waals surface area contributed by atoms with E-state index in [1.54, 1.807) is 12.1 Å². The number of amides is 1. The monoisotopic (exact) mass is 328 g/mol. The number of sulfonamides is 1. The number of aliphatic carboxylic acids is 1. The number of nitrogens with one attached hydrogen (secondary N) is 2. The Bertz CT molecular complexity index is 642. The van der Waals surface area contributed by atoms with E-state index in [0.717, 1.165) is 0 Å². The Kier molecular flexibility index (Phi) is 6.36. The predicted molar refractivity (Wildman–Crippen MR) is 83.3 cm³/mol. The summed E-state index contributed by atoms with van der Waals surface area (Å²) in [5.41, 5.74) is 0.212. The fraction of sp³-hybridized carbons (Fsp3) is 0.429. The van der Waals surface area contributed by atoms with Crippen LogP contribution in [0.1, 0.15) is 37.0 Å². The third-order valence-corrected chi connectivity index (χ3v) is 4.29. The Morgan fingerprint density at radius 2 is 1.86 bits per heavy atom. The lowest BCUT2D eigenvalue weighted by molar-refractivity contribution is -0.139. The quantitative estimate of drug-likeness (QED) is 0.668. The first-order chi connectivity index (χ1) is 10.3. The van der Waals surface area contributed by atoms with Crippen molar-refractivity contribution >= 4 is 27.6 Å². The zero-order valence-corrected chi connectivity index (χ0v) is 13.3. The molecule has 1 aromatic rings. The summed E-state index contributed by atoms with van der Waals surface area (Å²) in [5.74, 6) is -1.88. The van der Waals surface area contributed by atoms with Crippen molar-refractivity contribution in [3.8, 4) is 0 Å². The predicted octanol–water partition coefficient (Wildman–Crippen LogP) is 1.43. The van der Waals surface area contributed by atoms with Gasteiger partial charge in [-0.05, 0) is 25.5 Å². The minimum Gasteiger partial charge on any atom is -0.480 e. The van der Waals surface area contributed by atoms with Crippen molar-refractivity contribution in [2.75, 3.05) is 10.5 Å². The van der Waals surface area contributed by atoms with Crippen LogP contribution in [-0.2, 0) is 14.8 Å². The average molecular weight is 328 g/mol. The van der Waals surface area contributed by atoms with Gasteiger partial charge >= 0.3 is 5.97 Å². The van der Waals surface area contributed by atoms with Gasteiger partial charge in [-0.1, -0.05) is 25.5 Å². The summed E-state index contributed by atoms with van der Waals surface area (Å²) in [4.78, 5) is 23.3. The van der Waals surface area contributed by atoms with Crippen LogP contribution >= 0.6 is 0 Å². The minimum atomic E-state index is -3.53. The van der Waals surface area contributed by atoms with Crippen LogP contribution in [0.25, 0.3) is 0 Å².